The maximum absolute atomic E-state index is 11.9. The average Bonchev–Trinajstić information content (AvgIpc) is 2.60. The number of thiophene rings is 1. The Labute approximate surface area is 108 Å². The summed E-state index contributed by atoms with van der Waals surface area (Å²) in [6, 6.07) is 7.03. The van der Waals surface area contributed by atoms with Crippen molar-refractivity contribution in [1.82, 2.24) is 0 Å². The number of anilines is 2. The van der Waals surface area contributed by atoms with Crippen LogP contribution in [0.3, 0.4) is 0 Å². The first-order valence-electron chi connectivity index (χ1n) is 4.98. The zero-order chi connectivity index (χ0) is 12.4. The summed E-state index contributed by atoms with van der Waals surface area (Å²) in [7, 11) is 0. The number of hydrogen-bond acceptors (Lipinski definition) is 3. The largest absolute Gasteiger partial charge is 0.399 e. The molecule has 1 heterocycles. The van der Waals surface area contributed by atoms with E-state index in [4.69, 9.17) is 17.3 Å². The van der Waals surface area contributed by atoms with Gasteiger partial charge in [-0.3, -0.25) is 4.79 Å². The third kappa shape index (κ3) is 2.60. The minimum atomic E-state index is -0.210. The van der Waals surface area contributed by atoms with E-state index in [0.29, 0.717) is 21.3 Å². The van der Waals surface area contributed by atoms with Crippen molar-refractivity contribution >= 4 is 40.2 Å². The monoisotopic (exact) mass is 266 g/mol. The standard InChI is InChI=1S/C12H11ClN2OS/c1-7-6-17-11(10(7)13)12(16)15-9-4-2-3-8(14)5-9/h2-6H,14H2,1H3,(H,15,16). The van der Waals surface area contributed by atoms with Crippen molar-refractivity contribution in [1.29, 1.82) is 0 Å². The van der Waals surface area contributed by atoms with Crippen LogP contribution < -0.4 is 11.1 Å². The molecule has 0 saturated heterocycles. The summed E-state index contributed by atoms with van der Waals surface area (Å²) in [4.78, 5) is 12.5. The molecule has 88 valence electrons. The summed E-state index contributed by atoms with van der Waals surface area (Å²) in [5, 5.41) is 5.13. The number of carbonyl (C=O) groups excluding carboxylic acids is 1. The van der Waals surface area contributed by atoms with Crippen molar-refractivity contribution in [3.8, 4) is 0 Å². The van der Waals surface area contributed by atoms with Crippen LogP contribution in [-0.4, -0.2) is 5.91 Å². The highest BCUT2D eigenvalue weighted by atomic mass is 35.5. The van der Waals surface area contributed by atoms with Gasteiger partial charge in [0.2, 0.25) is 0 Å². The van der Waals surface area contributed by atoms with E-state index in [1.807, 2.05) is 12.3 Å². The average molecular weight is 267 g/mol. The Morgan fingerprint density at radius 2 is 2.24 bits per heavy atom. The van der Waals surface area contributed by atoms with E-state index in [1.165, 1.54) is 11.3 Å². The molecular formula is C12H11ClN2OS. The van der Waals surface area contributed by atoms with Crippen molar-refractivity contribution < 1.29 is 4.79 Å². The van der Waals surface area contributed by atoms with E-state index < -0.39 is 0 Å². The SMILES string of the molecule is Cc1csc(C(=O)Nc2cccc(N)c2)c1Cl. The number of benzene rings is 1. The number of nitrogen functional groups attached to an aromatic ring is 1. The lowest BCUT2D eigenvalue weighted by molar-refractivity contribution is 0.103. The molecule has 3 N–H and O–H groups in total. The van der Waals surface area contributed by atoms with E-state index in [0.717, 1.165) is 5.56 Å². The number of amides is 1. The van der Waals surface area contributed by atoms with Crippen LogP contribution in [0.15, 0.2) is 29.6 Å². The van der Waals surface area contributed by atoms with Crippen LogP contribution in [-0.2, 0) is 0 Å². The molecule has 0 fully saturated rings. The van der Waals surface area contributed by atoms with Gasteiger partial charge in [-0.15, -0.1) is 11.3 Å². The molecule has 17 heavy (non-hydrogen) atoms. The lowest BCUT2D eigenvalue weighted by Crippen LogP contribution is -2.10. The van der Waals surface area contributed by atoms with Crippen molar-refractivity contribution in [2.75, 3.05) is 11.1 Å². The first-order valence-corrected chi connectivity index (χ1v) is 6.24. The lowest BCUT2D eigenvalue weighted by Gasteiger charge is -2.04. The molecule has 1 aromatic heterocycles. The van der Waals surface area contributed by atoms with Crippen LogP contribution >= 0.6 is 22.9 Å². The van der Waals surface area contributed by atoms with E-state index in [2.05, 4.69) is 5.32 Å². The maximum atomic E-state index is 11.9. The van der Waals surface area contributed by atoms with Crippen LogP contribution in [0.25, 0.3) is 0 Å². The Balaban J connectivity index is 2.20. The molecule has 0 saturated carbocycles. The Morgan fingerprint density at radius 1 is 1.47 bits per heavy atom. The molecule has 0 aliphatic rings. The zero-order valence-electron chi connectivity index (χ0n) is 9.16. The molecule has 2 aromatic rings. The maximum Gasteiger partial charge on any atom is 0.267 e. The Morgan fingerprint density at radius 3 is 2.82 bits per heavy atom. The molecule has 0 radical (unpaired) electrons. The van der Waals surface area contributed by atoms with Crippen LogP contribution in [0.2, 0.25) is 5.02 Å². The third-order valence-electron chi connectivity index (χ3n) is 2.25. The van der Waals surface area contributed by atoms with Gasteiger partial charge in [0.05, 0.1) is 5.02 Å². The highest BCUT2D eigenvalue weighted by Crippen LogP contribution is 2.28. The quantitative estimate of drug-likeness (QED) is 0.817. The van der Waals surface area contributed by atoms with Crippen molar-refractivity contribution in [2.24, 2.45) is 0 Å². The molecule has 1 amide bonds. The van der Waals surface area contributed by atoms with Crippen molar-refractivity contribution in [3.05, 3.63) is 45.1 Å². The van der Waals surface area contributed by atoms with E-state index in [-0.39, 0.29) is 5.91 Å². The lowest BCUT2D eigenvalue weighted by atomic mass is 10.2. The molecule has 0 bridgehead atoms. The molecular weight excluding hydrogens is 256 g/mol. The van der Waals surface area contributed by atoms with E-state index in [1.54, 1.807) is 24.3 Å². The second-order valence-electron chi connectivity index (χ2n) is 3.64. The number of aryl methyl sites for hydroxylation is 1. The van der Waals surface area contributed by atoms with Crippen LogP contribution in [0, 0.1) is 6.92 Å². The minimum Gasteiger partial charge on any atom is -0.399 e. The van der Waals surface area contributed by atoms with Crippen LogP contribution in [0.4, 0.5) is 11.4 Å². The molecule has 0 unspecified atom stereocenters. The van der Waals surface area contributed by atoms with Crippen molar-refractivity contribution in [3.63, 3.8) is 0 Å². The molecule has 1 aromatic carbocycles. The zero-order valence-corrected chi connectivity index (χ0v) is 10.7. The Bertz CT molecular complexity index is 565. The normalized spacial score (nSPS) is 10.2. The number of carbonyl (C=O) groups is 1. The molecule has 5 heteroatoms. The Kier molecular flexibility index (Phi) is 3.36. The van der Waals surface area contributed by atoms with Gasteiger partial charge >= 0.3 is 0 Å². The fourth-order valence-electron chi connectivity index (χ4n) is 1.39. The van der Waals surface area contributed by atoms with Crippen molar-refractivity contribution in [2.45, 2.75) is 6.92 Å². The summed E-state index contributed by atoms with van der Waals surface area (Å²) < 4.78 is 0. The smallest absolute Gasteiger partial charge is 0.267 e. The summed E-state index contributed by atoms with van der Waals surface area (Å²) in [6.07, 6.45) is 0. The number of rotatable bonds is 2. The topological polar surface area (TPSA) is 55.1 Å². The van der Waals surface area contributed by atoms with Gasteiger partial charge in [0.1, 0.15) is 4.88 Å². The van der Waals surface area contributed by atoms with Gasteiger partial charge in [-0.05, 0) is 36.1 Å². The first-order chi connectivity index (χ1) is 8.08. The van der Waals surface area contributed by atoms with Gasteiger partial charge in [0, 0.05) is 11.4 Å². The minimum absolute atomic E-state index is 0.210. The number of hydrogen-bond donors (Lipinski definition) is 2. The predicted molar refractivity (Wildman–Crippen MR) is 72.9 cm³/mol. The fourth-order valence-corrected chi connectivity index (χ4v) is 2.56. The van der Waals surface area contributed by atoms with E-state index in [9.17, 15) is 4.79 Å². The highest BCUT2D eigenvalue weighted by Gasteiger charge is 2.14. The second-order valence-corrected chi connectivity index (χ2v) is 4.90. The number of nitrogens with one attached hydrogen (secondary N) is 1. The Hall–Kier alpha value is -1.52. The number of halogens is 1. The van der Waals surface area contributed by atoms with Gasteiger partial charge in [0.25, 0.3) is 5.91 Å². The molecule has 2 rings (SSSR count). The van der Waals surface area contributed by atoms with Gasteiger partial charge < -0.3 is 11.1 Å². The summed E-state index contributed by atoms with van der Waals surface area (Å²) >= 11 is 7.36. The van der Waals surface area contributed by atoms with Gasteiger partial charge in [0.15, 0.2) is 0 Å². The first kappa shape index (κ1) is 12.0. The summed E-state index contributed by atoms with van der Waals surface area (Å²) in [6.45, 7) is 1.87. The molecule has 0 atom stereocenters. The predicted octanol–water partition coefficient (Wildman–Crippen LogP) is 3.54. The number of nitrogens with two attached hydrogens (primary N) is 1. The molecule has 3 nitrogen and oxygen atoms in total. The van der Waals surface area contributed by atoms with E-state index >= 15 is 0 Å². The molecule has 0 aliphatic carbocycles. The van der Waals surface area contributed by atoms with Gasteiger partial charge in [-0.25, -0.2) is 0 Å². The van der Waals surface area contributed by atoms with Crippen LogP contribution in [0.5, 0.6) is 0 Å². The summed E-state index contributed by atoms with van der Waals surface area (Å²) in [5.41, 5.74) is 7.82. The highest BCUT2D eigenvalue weighted by molar-refractivity contribution is 7.13. The van der Waals surface area contributed by atoms with Crippen LogP contribution in [0.1, 0.15) is 15.2 Å². The second kappa shape index (κ2) is 4.77. The van der Waals surface area contributed by atoms with Gasteiger partial charge in [-0.1, -0.05) is 17.7 Å². The fraction of sp³-hybridized carbons (Fsp3) is 0.0833. The molecule has 0 spiro atoms. The third-order valence-corrected chi connectivity index (χ3v) is 3.95. The van der Waals surface area contributed by atoms with Gasteiger partial charge in [-0.2, -0.15) is 0 Å². The molecule has 0 aliphatic heterocycles. The summed E-state index contributed by atoms with van der Waals surface area (Å²) in [5.74, 6) is -0.210.